The molecule has 4 nitrogen and oxygen atoms in total. The zero-order chi connectivity index (χ0) is 18.6. The van der Waals surface area contributed by atoms with Crippen LogP contribution in [0.15, 0.2) is 77.4 Å². The van der Waals surface area contributed by atoms with Gasteiger partial charge in [-0.05, 0) is 30.0 Å². The minimum Gasteiger partial charge on any atom is -0.325 e. The average molecular weight is 392 g/mol. The van der Waals surface area contributed by atoms with Gasteiger partial charge in [-0.1, -0.05) is 60.3 Å². The second-order valence-electron chi connectivity index (χ2n) is 5.97. The van der Waals surface area contributed by atoms with E-state index in [1.807, 2.05) is 73.0 Å². The Hall–Kier alpha value is -2.70. The summed E-state index contributed by atoms with van der Waals surface area (Å²) in [5.41, 5.74) is 3.81. The van der Waals surface area contributed by atoms with Crippen LogP contribution < -0.4 is 5.32 Å². The van der Waals surface area contributed by atoms with Gasteiger partial charge < -0.3 is 5.32 Å². The first kappa shape index (κ1) is 17.7. The first-order valence-electron chi connectivity index (χ1n) is 8.52. The van der Waals surface area contributed by atoms with Crippen LogP contribution in [0.25, 0.3) is 21.3 Å². The molecular weight excluding hydrogens is 374 g/mol. The van der Waals surface area contributed by atoms with Gasteiger partial charge in [0, 0.05) is 11.3 Å². The van der Waals surface area contributed by atoms with Gasteiger partial charge in [0.05, 0.1) is 15.5 Å². The van der Waals surface area contributed by atoms with Crippen molar-refractivity contribution in [2.24, 2.45) is 0 Å². The summed E-state index contributed by atoms with van der Waals surface area (Å²) >= 11 is 3.05. The number of hydrogen-bond acceptors (Lipinski definition) is 5. The average Bonchev–Trinajstić information content (AvgIpc) is 3.19. The number of nitrogens with one attached hydrogen (secondary N) is 1. The third kappa shape index (κ3) is 3.86. The third-order valence-electron chi connectivity index (χ3n) is 4.14. The number of aromatic nitrogens is 2. The number of thiophene rings is 1. The van der Waals surface area contributed by atoms with E-state index in [1.165, 1.54) is 11.8 Å². The number of carbonyl (C=O) groups excluding carboxylic acids is 1. The molecule has 6 heteroatoms. The van der Waals surface area contributed by atoms with Crippen LogP contribution in [0.1, 0.15) is 6.92 Å². The summed E-state index contributed by atoms with van der Waals surface area (Å²) in [5, 5.41) is 5.62. The second kappa shape index (κ2) is 7.90. The quantitative estimate of drug-likeness (QED) is 0.362. The van der Waals surface area contributed by atoms with E-state index in [0.717, 1.165) is 32.1 Å². The number of anilines is 1. The van der Waals surface area contributed by atoms with E-state index < -0.39 is 0 Å². The van der Waals surface area contributed by atoms with Gasteiger partial charge in [0.1, 0.15) is 11.4 Å². The molecular formula is C21H17N3OS2. The SMILES string of the molecule is CC(Sc1ncnc2ccsc12)C(=O)Nc1ccccc1-c1ccccc1. The maximum Gasteiger partial charge on any atom is 0.237 e. The fraction of sp³-hybridized carbons (Fsp3) is 0.0952. The van der Waals surface area contributed by atoms with Gasteiger partial charge in [0.25, 0.3) is 0 Å². The summed E-state index contributed by atoms with van der Waals surface area (Å²) in [5.74, 6) is -0.0494. The number of fused-ring (bicyclic) bond motifs is 1. The van der Waals surface area contributed by atoms with E-state index in [1.54, 1.807) is 17.7 Å². The molecule has 2 aromatic carbocycles. The van der Waals surface area contributed by atoms with Crippen molar-refractivity contribution in [1.82, 2.24) is 9.97 Å². The molecule has 0 aliphatic heterocycles. The van der Waals surface area contributed by atoms with Gasteiger partial charge >= 0.3 is 0 Å². The summed E-state index contributed by atoms with van der Waals surface area (Å²) in [6.45, 7) is 1.90. The van der Waals surface area contributed by atoms with E-state index in [-0.39, 0.29) is 11.2 Å². The standard InChI is InChI=1S/C21H17N3OS2/c1-14(27-21-19-18(11-12-26-19)22-13-23-21)20(25)24-17-10-6-5-9-16(17)15-7-3-2-4-8-15/h2-14H,1H3,(H,24,25). The molecule has 0 radical (unpaired) electrons. The molecule has 1 atom stereocenters. The van der Waals surface area contributed by atoms with Crippen molar-refractivity contribution in [3.05, 3.63) is 72.4 Å². The van der Waals surface area contributed by atoms with Crippen molar-refractivity contribution in [2.75, 3.05) is 5.32 Å². The third-order valence-corrected chi connectivity index (χ3v) is 6.28. The lowest BCUT2D eigenvalue weighted by Crippen LogP contribution is -2.22. The lowest BCUT2D eigenvalue weighted by molar-refractivity contribution is -0.115. The van der Waals surface area contributed by atoms with Gasteiger partial charge in [-0.15, -0.1) is 11.3 Å². The molecule has 0 aliphatic rings. The second-order valence-corrected chi connectivity index (χ2v) is 8.22. The predicted octanol–water partition coefficient (Wildman–Crippen LogP) is 5.48. The number of carbonyl (C=O) groups is 1. The molecule has 0 saturated heterocycles. The van der Waals surface area contributed by atoms with Crippen LogP contribution in [0.4, 0.5) is 5.69 Å². The Morgan fingerprint density at radius 1 is 1.04 bits per heavy atom. The Balaban J connectivity index is 1.54. The molecule has 1 amide bonds. The maximum atomic E-state index is 12.8. The van der Waals surface area contributed by atoms with Crippen molar-refractivity contribution >= 4 is 44.9 Å². The van der Waals surface area contributed by atoms with Gasteiger partial charge in [-0.3, -0.25) is 4.79 Å². The zero-order valence-corrected chi connectivity index (χ0v) is 16.3. The molecule has 134 valence electrons. The highest BCUT2D eigenvalue weighted by Crippen LogP contribution is 2.32. The predicted molar refractivity (Wildman–Crippen MR) is 113 cm³/mol. The van der Waals surface area contributed by atoms with E-state index in [0.29, 0.717) is 0 Å². The van der Waals surface area contributed by atoms with Crippen LogP contribution in [0, 0.1) is 0 Å². The maximum absolute atomic E-state index is 12.8. The number of thioether (sulfide) groups is 1. The van der Waals surface area contributed by atoms with Gasteiger partial charge in [0.15, 0.2) is 0 Å². The highest BCUT2D eigenvalue weighted by atomic mass is 32.2. The van der Waals surface area contributed by atoms with Gasteiger partial charge in [-0.2, -0.15) is 0 Å². The Morgan fingerprint density at radius 2 is 1.81 bits per heavy atom. The molecule has 2 heterocycles. The van der Waals surface area contributed by atoms with E-state index in [4.69, 9.17) is 0 Å². The van der Waals surface area contributed by atoms with Crippen LogP contribution in [0.2, 0.25) is 0 Å². The van der Waals surface area contributed by atoms with Crippen molar-refractivity contribution < 1.29 is 4.79 Å². The van der Waals surface area contributed by atoms with Crippen molar-refractivity contribution in [3.63, 3.8) is 0 Å². The molecule has 4 rings (SSSR count). The molecule has 0 saturated carbocycles. The zero-order valence-electron chi connectivity index (χ0n) is 14.6. The van der Waals surface area contributed by atoms with E-state index >= 15 is 0 Å². The first-order valence-corrected chi connectivity index (χ1v) is 10.3. The normalized spacial score (nSPS) is 12.0. The minimum atomic E-state index is -0.283. The molecule has 27 heavy (non-hydrogen) atoms. The molecule has 4 aromatic rings. The van der Waals surface area contributed by atoms with Crippen LogP contribution in [-0.2, 0) is 4.79 Å². The molecule has 0 spiro atoms. The number of rotatable bonds is 5. The van der Waals surface area contributed by atoms with Gasteiger partial charge in [-0.25, -0.2) is 9.97 Å². The number of benzene rings is 2. The molecule has 2 aromatic heterocycles. The number of amides is 1. The summed E-state index contributed by atoms with van der Waals surface area (Å²) in [7, 11) is 0. The molecule has 0 bridgehead atoms. The van der Waals surface area contributed by atoms with Crippen LogP contribution >= 0.6 is 23.1 Å². The number of nitrogens with zero attached hydrogens (tertiary/aromatic N) is 2. The Kier molecular flexibility index (Phi) is 5.18. The molecule has 0 aliphatic carbocycles. The fourth-order valence-corrected chi connectivity index (χ4v) is 4.60. The summed E-state index contributed by atoms with van der Waals surface area (Å²) in [4.78, 5) is 21.4. The molecule has 1 N–H and O–H groups in total. The van der Waals surface area contributed by atoms with Crippen molar-refractivity contribution in [3.8, 4) is 11.1 Å². The summed E-state index contributed by atoms with van der Waals surface area (Å²) < 4.78 is 1.02. The van der Waals surface area contributed by atoms with Crippen LogP contribution in [0.3, 0.4) is 0 Å². The van der Waals surface area contributed by atoms with Crippen LogP contribution in [0.5, 0.6) is 0 Å². The lowest BCUT2D eigenvalue weighted by Gasteiger charge is -2.15. The largest absolute Gasteiger partial charge is 0.325 e. The smallest absolute Gasteiger partial charge is 0.237 e. The van der Waals surface area contributed by atoms with E-state index in [9.17, 15) is 4.79 Å². The van der Waals surface area contributed by atoms with Gasteiger partial charge in [0.2, 0.25) is 5.91 Å². The summed E-state index contributed by atoms with van der Waals surface area (Å²) in [6.07, 6.45) is 1.55. The fourth-order valence-electron chi connectivity index (χ4n) is 2.77. The first-order chi connectivity index (χ1) is 13.2. The minimum absolute atomic E-state index is 0.0494. The summed E-state index contributed by atoms with van der Waals surface area (Å²) in [6, 6.07) is 19.9. The number of hydrogen-bond donors (Lipinski definition) is 1. The van der Waals surface area contributed by atoms with E-state index in [2.05, 4.69) is 15.3 Å². The Labute approximate surface area is 165 Å². The van der Waals surface area contributed by atoms with Crippen molar-refractivity contribution in [2.45, 2.75) is 17.2 Å². The number of para-hydroxylation sites is 1. The Bertz CT molecular complexity index is 1080. The monoisotopic (exact) mass is 391 g/mol. The topological polar surface area (TPSA) is 54.9 Å². The Morgan fingerprint density at radius 3 is 2.67 bits per heavy atom. The molecule has 1 unspecified atom stereocenters. The van der Waals surface area contributed by atoms with Crippen LogP contribution in [-0.4, -0.2) is 21.1 Å². The highest BCUT2D eigenvalue weighted by molar-refractivity contribution is 8.00. The molecule has 0 fully saturated rings. The van der Waals surface area contributed by atoms with Crippen molar-refractivity contribution in [1.29, 1.82) is 0 Å². The lowest BCUT2D eigenvalue weighted by atomic mass is 10.0. The highest BCUT2D eigenvalue weighted by Gasteiger charge is 2.18.